The van der Waals surface area contributed by atoms with Crippen molar-refractivity contribution in [1.29, 1.82) is 0 Å². The number of ether oxygens (including phenoxy) is 1. The van der Waals surface area contributed by atoms with Crippen molar-refractivity contribution in [2.45, 2.75) is 31.9 Å². The Morgan fingerprint density at radius 2 is 1.75 bits per heavy atom. The Hall–Kier alpha value is -2.78. The van der Waals surface area contributed by atoms with E-state index < -0.39 is 0 Å². The predicted molar refractivity (Wildman–Crippen MR) is 112 cm³/mol. The van der Waals surface area contributed by atoms with Gasteiger partial charge in [0.15, 0.2) is 0 Å². The number of benzene rings is 3. The van der Waals surface area contributed by atoms with Gasteiger partial charge in [-0.3, -0.25) is 4.79 Å². The van der Waals surface area contributed by atoms with Crippen LogP contribution in [0.5, 0.6) is 5.75 Å². The molecule has 0 aromatic heterocycles. The molecule has 0 unspecified atom stereocenters. The zero-order valence-electron chi connectivity index (χ0n) is 15.5. The molecule has 1 atom stereocenters. The van der Waals surface area contributed by atoms with Gasteiger partial charge in [-0.25, -0.2) is 0 Å². The standard InChI is InChI=1S/C24H22ClNO2/c25-19-14-12-17(13-15-19)16-28-23-11-4-3-9-21(23)24(27)26-22-10-5-7-18-6-1-2-8-20(18)22/h1-4,6,8-9,11-15,22H,5,7,10,16H2,(H,26,27)/t22-/m1/s1. The highest BCUT2D eigenvalue weighted by Gasteiger charge is 2.23. The Morgan fingerprint density at radius 3 is 2.61 bits per heavy atom. The molecule has 4 rings (SSSR count). The number of rotatable bonds is 5. The van der Waals surface area contributed by atoms with Crippen molar-refractivity contribution in [2.24, 2.45) is 0 Å². The molecule has 4 heteroatoms. The molecule has 142 valence electrons. The molecule has 1 aliphatic carbocycles. The SMILES string of the molecule is O=C(N[C@@H]1CCCc2ccccc21)c1ccccc1OCc1ccc(Cl)cc1. The van der Waals surface area contributed by atoms with E-state index in [-0.39, 0.29) is 11.9 Å². The Bertz CT molecular complexity index is 968. The highest BCUT2D eigenvalue weighted by molar-refractivity contribution is 6.30. The maximum absolute atomic E-state index is 13.0. The maximum atomic E-state index is 13.0. The minimum absolute atomic E-state index is 0.0433. The first kappa shape index (κ1) is 18.6. The van der Waals surface area contributed by atoms with Gasteiger partial charge < -0.3 is 10.1 Å². The van der Waals surface area contributed by atoms with Crippen molar-refractivity contribution in [1.82, 2.24) is 5.32 Å². The molecule has 0 aliphatic heterocycles. The normalized spacial score (nSPS) is 15.5. The van der Waals surface area contributed by atoms with Gasteiger partial charge in [0, 0.05) is 5.02 Å². The Morgan fingerprint density at radius 1 is 1.00 bits per heavy atom. The van der Waals surface area contributed by atoms with E-state index in [0.717, 1.165) is 24.8 Å². The maximum Gasteiger partial charge on any atom is 0.255 e. The third-order valence-corrected chi connectivity index (χ3v) is 5.37. The van der Waals surface area contributed by atoms with Crippen LogP contribution in [0.2, 0.25) is 5.02 Å². The average Bonchev–Trinajstić information content (AvgIpc) is 2.74. The molecule has 28 heavy (non-hydrogen) atoms. The molecule has 0 radical (unpaired) electrons. The van der Waals surface area contributed by atoms with Gasteiger partial charge in [-0.2, -0.15) is 0 Å². The molecule has 3 nitrogen and oxygen atoms in total. The van der Waals surface area contributed by atoms with Gasteiger partial charge in [-0.1, -0.05) is 60.1 Å². The highest BCUT2D eigenvalue weighted by Crippen LogP contribution is 2.30. The van der Waals surface area contributed by atoms with Crippen molar-refractivity contribution in [3.63, 3.8) is 0 Å². The van der Waals surface area contributed by atoms with Crippen LogP contribution in [-0.4, -0.2) is 5.91 Å². The third-order valence-electron chi connectivity index (χ3n) is 5.11. The van der Waals surface area contributed by atoms with Crippen LogP contribution in [0.3, 0.4) is 0 Å². The molecule has 1 aliphatic rings. The summed E-state index contributed by atoms with van der Waals surface area (Å²) in [7, 11) is 0. The van der Waals surface area contributed by atoms with E-state index in [4.69, 9.17) is 16.3 Å². The topological polar surface area (TPSA) is 38.3 Å². The van der Waals surface area contributed by atoms with Crippen LogP contribution in [0.4, 0.5) is 0 Å². The quantitative estimate of drug-likeness (QED) is 0.603. The van der Waals surface area contributed by atoms with Crippen LogP contribution >= 0.6 is 11.6 Å². The van der Waals surface area contributed by atoms with E-state index in [2.05, 4.69) is 23.5 Å². The first-order chi connectivity index (χ1) is 13.7. The molecule has 3 aromatic carbocycles. The largest absolute Gasteiger partial charge is 0.488 e. The van der Waals surface area contributed by atoms with Gasteiger partial charge >= 0.3 is 0 Å². The Labute approximate surface area is 170 Å². The lowest BCUT2D eigenvalue weighted by Gasteiger charge is -2.26. The predicted octanol–water partition coefficient (Wildman–Crippen LogP) is 5.73. The summed E-state index contributed by atoms with van der Waals surface area (Å²) in [5, 5.41) is 3.89. The Balaban J connectivity index is 1.49. The van der Waals surface area contributed by atoms with Crippen LogP contribution in [0, 0.1) is 0 Å². The fourth-order valence-corrected chi connectivity index (χ4v) is 3.79. The number of fused-ring (bicyclic) bond motifs is 1. The van der Waals surface area contributed by atoms with Gasteiger partial charge in [0.05, 0.1) is 11.6 Å². The summed E-state index contributed by atoms with van der Waals surface area (Å²) >= 11 is 5.93. The van der Waals surface area contributed by atoms with Gasteiger partial charge in [-0.15, -0.1) is 0 Å². The smallest absolute Gasteiger partial charge is 0.255 e. The molecule has 0 saturated carbocycles. The fraction of sp³-hybridized carbons (Fsp3) is 0.208. The summed E-state index contributed by atoms with van der Waals surface area (Å²) in [4.78, 5) is 13.0. The molecule has 3 aromatic rings. The zero-order chi connectivity index (χ0) is 19.3. The van der Waals surface area contributed by atoms with Crippen LogP contribution in [0.25, 0.3) is 0 Å². The lowest BCUT2D eigenvalue weighted by atomic mass is 9.87. The molecule has 0 bridgehead atoms. The van der Waals surface area contributed by atoms with Crippen molar-refractivity contribution in [3.8, 4) is 5.75 Å². The summed E-state index contributed by atoms with van der Waals surface area (Å²) in [5.41, 5.74) is 4.10. The first-order valence-electron chi connectivity index (χ1n) is 9.55. The van der Waals surface area contributed by atoms with E-state index in [9.17, 15) is 4.79 Å². The number of amides is 1. The summed E-state index contributed by atoms with van der Waals surface area (Å²) < 4.78 is 5.94. The second kappa shape index (κ2) is 8.49. The van der Waals surface area contributed by atoms with E-state index in [0.29, 0.717) is 22.9 Å². The van der Waals surface area contributed by atoms with Crippen LogP contribution in [0.15, 0.2) is 72.8 Å². The number of carbonyl (C=O) groups is 1. The average molecular weight is 392 g/mol. The molecule has 1 N–H and O–H groups in total. The number of carbonyl (C=O) groups excluding carboxylic acids is 1. The number of hydrogen-bond acceptors (Lipinski definition) is 2. The van der Waals surface area contributed by atoms with Crippen LogP contribution in [-0.2, 0) is 13.0 Å². The molecular weight excluding hydrogens is 370 g/mol. The van der Waals surface area contributed by atoms with E-state index >= 15 is 0 Å². The van der Waals surface area contributed by atoms with Gasteiger partial charge in [0.1, 0.15) is 12.4 Å². The van der Waals surface area contributed by atoms with Crippen molar-refractivity contribution < 1.29 is 9.53 Å². The third kappa shape index (κ3) is 4.20. The fourth-order valence-electron chi connectivity index (χ4n) is 3.66. The lowest BCUT2D eigenvalue weighted by molar-refractivity contribution is 0.0928. The van der Waals surface area contributed by atoms with Crippen molar-refractivity contribution in [3.05, 3.63) is 100 Å². The number of para-hydroxylation sites is 1. The summed E-state index contributed by atoms with van der Waals surface area (Å²) in [6.45, 7) is 0.383. The van der Waals surface area contributed by atoms with Crippen LogP contribution in [0.1, 0.15) is 45.9 Å². The minimum atomic E-state index is -0.103. The van der Waals surface area contributed by atoms with E-state index in [1.165, 1.54) is 11.1 Å². The summed E-state index contributed by atoms with van der Waals surface area (Å²) in [6.07, 6.45) is 3.11. The molecule has 0 fully saturated rings. The summed E-state index contributed by atoms with van der Waals surface area (Å²) in [6, 6.07) is 23.3. The summed E-state index contributed by atoms with van der Waals surface area (Å²) in [5.74, 6) is 0.479. The first-order valence-corrected chi connectivity index (χ1v) is 9.93. The van der Waals surface area contributed by atoms with Gasteiger partial charge in [-0.05, 0) is 60.2 Å². The number of halogens is 1. The zero-order valence-corrected chi connectivity index (χ0v) is 16.3. The number of aryl methyl sites for hydroxylation is 1. The minimum Gasteiger partial charge on any atom is -0.488 e. The van der Waals surface area contributed by atoms with Crippen LogP contribution < -0.4 is 10.1 Å². The van der Waals surface area contributed by atoms with Gasteiger partial charge in [0.2, 0.25) is 0 Å². The second-order valence-corrected chi connectivity index (χ2v) is 7.46. The molecule has 0 spiro atoms. The highest BCUT2D eigenvalue weighted by atomic mass is 35.5. The van der Waals surface area contributed by atoms with E-state index in [1.54, 1.807) is 6.07 Å². The second-order valence-electron chi connectivity index (χ2n) is 7.03. The van der Waals surface area contributed by atoms with E-state index in [1.807, 2.05) is 48.5 Å². The number of nitrogens with one attached hydrogen (secondary N) is 1. The lowest BCUT2D eigenvalue weighted by Crippen LogP contribution is -2.31. The molecule has 0 heterocycles. The monoisotopic (exact) mass is 391 g/mol. The van der Waals surface area contributed by atoms with Gasteiger partial charge in [0.25, 0.3) is 5.91 Å². The van der Waals surface area contributed by atoms with Crippen molar-refractivity contribution in [2.75, 3.05) is 0 Å². The molecular formula is C24H22ClNO2. The van der Waals surface area contributed by atoms with Crippen molar-refractivity contribution >= 4 is 17.5 Å². The molecule has 1 amide bonds. The molecule has 0 saturated heterocycles. The number of hydrogen-bond donors (Lipinski definition) is 1. The Kier molecular flexibility index (Phi) is 5.63.